The van der Waals surface area contributed by atoms with E-state index in [9.17, 15) is 26.8 Å². The smallest absolute Gasteiger partial charge is 0.325 e. The van der Waals surface area contributed by atoms with Gasteiger partial charge in [0.1, 0.15) is 0 Å². The average Bonchev–Trinajstić information content (AvgIpc) is 2.78. The number of halogens is 2. The van der Waals surface area contributed by atoms with Gasteiger partial charge in [-0.05, 0) is 74.5 Å². The molecular weight excluding hydrogens is 448 g/mol. The summed E-state index contributed by atoms with van der Waals surface area (Å²) in [5, 5.41) is 2.88. The van der Waals surface area contributed by atoms with E-state index >= 15 is 0 Å². The fourth-order valence-corrected chi connectivity index (χ4v) is 7.23. The summed E-state index contributed by atoms with van der Waals surface area (Å²) in [4.78, 5) is 26.1. The van der Waals surface area contributed by atoms with Crippen LogP contribution < -0.4 is 5.32 Å². The molecule has 1 amide bonds. The van der Waals surface area contributed by atoms with Gasteiger partial charge in [-0.3, -0.25) is 9.59 Å². The summed E-state index contributed by atoms with van der Waals surface area (Å²) in [7, 11) is -4.90. The predicted molar refractivity (Wildman–Crippen MR) is 119 cm³/mol. The molecule has 0 radical (unpaired) electrons. The standard InChI is InChI=1S/C25H25F2NO4S/c26-24(27)33(31,32)19-6-7-21(20(11-19)22(29)18-4-2-1-3-5-18)28-23(30)25-12-15-8-16(13-25)10-17(9-15)14-25/h1-7,11,15-17,24H,8-10,12-14H2,(H,28,30). The Balaban J connectivity index is 1.51. The Morgan fingerprint density at radius 1 is 0.909 bits per heavy atom. The van der Waals surface area contributed by atoms with Gasteiger partial charge in [-0.15, -0.1) is 0 Å². The van der Waals surface area contributed by atoms with Crippen molar-refractivity contribution < 1.29 is 26.8 Å². The van der Waals surface area contributed by atoms with Gasteiger partial charge in [0.15, 0.2) is 5.78 Å². The molecule has 0 heterocycles. The normalized spacial score (nSPS) is 28.2. The van der Waals surface area contributed by atoms with Crippen LogP contribution in [0.4, 0.5) is 14.5 Å². The van der Waals surface area contributed by atoms with Crippen molar-refractivity contribution in [2.24, 2.45) is 23.2 Å². The van der Waals surface area contributed by atoms with E-state index in [1.807, 2.05) is 0 Å². The minimum Gasteiger partial charge on any atom is -0.325 e. The fraction of sp³-hybridized carbons (Fsp3) is 0.440. The number of benzene rings is 2. The van der Waals surface area contributed by atoms with Gasteiger partial charge in [0.25, 0.3) is 0 Å². The van der Waals surface area contributed by atoms with Gasteiger partial charge >= 0.3 is 5.76 Å². The summed E-state index contributed by atoms with van der Waals surface area (Å²) in [6.45, 7) is 0. The van der Waals surface area contributed by atoms with E-state index in [2.05, 4.69) is 5.32 Å². The van der Waals surface area contributed by atoms with Gasteiger partial charge in [-0.1, -0.05) is 30.3 Å². The molecule has 6 rings (SSSR count). The summed E-state index contributed by atoms with van der Waals surface area (Å²) < 4.78 is 50.4. The van der Waals surface area contributed by atoms with Crippen molar-refractivity contribution in [2.45, 2.75) is 49.2 Å². The maximum Gasteiger partial charge on any atom is 0.341 e. The second-order valence-corrected chi connectivity index (χ2v) is 11.8. The first kappa shape index (κ1) is 22.2. The maximum absolute atomic E-state index is 13.5. The number of alkyl halides is 2. The molecule has 4 aliphatic carbocycles. The molecule has 0 spiro atoms. The number of carbonyl (C=O) groups is 2. The maximum atomic E-state index is 13.5. The predicted octanol–water partition coefficient (Wildman–Crippen LogP) is 5.07. The monoisotopic (exact) mass is 473 g/mol. The van der Waals surface area contributed by atoms with Crippen molar-refractivity contribution in [1.29, 1.82) is 0 Å². The van der Waals surface area contributed by atoms with Gasteiger partial charge in [0, 0.05) is 11.1 Å². The van der Waals surface area contributed by atoms with E-state index in [0.717, 1.165) is 31.4 Å². The van der Waals surface area contributed by atoms with E-state index in [1.165, 1.54) is 25.3 Å². The van der Waals surface area contributed by atoms with Crippen LogP contribution in [0.25, 0.3) is 0 Å². The third-order valence-corrected chi connectivity index (χ3v) is 8.98. The van der Waals surface area contributed by atoms with Crippen molar-refractivity contribution in [3.8, 4) is 0 Å². The van der Waals surface area contributed by atoms with Crippen LogP contribution in [-0.2, 0) is 14.6 Å². The molecule has 1 N–H and O–H groups in total. The molecule has 0 saturated heterocycles. The molecule has 4 saturated carbocycles. The molecule has 2 aromatic carbocycles. The molecule has 0 unspecified atom stereocenters. The number of rotatable bonds is 6. The highest BCUT2D eigenvalue weighted by Gasteiger charge is 2.54. The van der Waals surface area contributed by atoms with Crippen LogP contribution in [0, 0.1) is 23.2 Å². The van der Waals surface area contributed by atoms with E-state index in [-0.39, 0.29) is 22.7 Å². The molecule has 33 heavy (non-hydrogen) atoms. The number of hydrogen-bond donors (Lipinski definition) is 1. The van der Waals surface area contributed by atoms with E-state index in [4.69, 9.17) is 0 Å². The zero-order valence-corrected chi connectivity index (χ0v) is 18.8. The lowest BCUT2D eigenvalue weighted by Gasteiger charge is -2.55. The quantitative estimate of drug-likeness (QED) is 0.594. The Kier molecular flexibility index (Phi) is 5.39. The lowest BCUT2D eigenvalue weighted by atomic mass is 9.49. The SMILES string of the molecule is O=C(c1ccccc1)c1cc(S(=O)(=O)C(F)F)ccc1NC(=O)C12CC3CC(CC(C3)C1)C2. The number of anilines is 1. The largest absolute Gasteiger partial charge is 0.341 e. The van der Waals surface area contributed by atoms with Gasteiger partial charge in [-0.25, -0.2) is 8.42 Å². The average molecular weight is 474 g/mol. The summed E-state index contributed by atoms with van der Waals surface area (Å²) in [5.74, 6) is -2.66. The van der Waals surface area contributed by atoms with Crippen LogP contribution in [0.2, 0.25) is 0 Å². The van der Waals surface area contributed by atoms with Gasteiger partial charge in [-0.2, -0.15) is 8.78 Å². The molecule has 4 fully saturated rings. The highest BCUT2D eigenvalue weighted by atomic mass is 32.2. The second kappa shape index (κ2) is 8.01. The Bertz CT molecular complexity index is 1170. The Morgan fingerprint density at radius 3 is 2.03 bits per heavy atom. The minimum absolute atomic E-state index is 0.110. The highest BCUT2D eigenvalue weighted by molar-refractivity contribution is 7.91. The summed E-state index contributed by atoms with van der Waals surface area (Å²) in [6.07, 6.45) is 5.99. The number of sulfone groups is 1. The molecule has 4 aliphatic rings. The zero-order valence-electron chi connectivity index (χ0n) is 18.0. The summed E-state index contributed by atoms with van der Waals surface area (Å²) >= 11 is 0. The Morgan fingerprint density at radius 2 is 1.48 bits per heavy atom. The molecule has 0 aromatic heterocycles. The van der Waals surface area contributed by atoms with Crippen LogP contribution in [0.15, 0.2) is 53.4 Å². The lowest BCUT2D eigenvalue weighted by Crippen LogP contribution is -2.51. The Labute approximate surface area is 191 Å². The summed E-state index contributed by atoms with van der Waals surface area (Å²) in [5.41, 5.74) is -0.163. The summed E-state index contributed by atoms with van der Waals surface area (Å²) in [6, 6.07) is 11.4. The molecule has 5 nitrogen and oxygen atoms in total. The zero-order chi connectivity index (χ0) is 23.4. The second-order valence-electron chi connectivity index (χ2n) is 9.86. The molecule has 0 aliphatic heterocycles. The molecule has 0 atom stereocenters. The molecule has 8 heteroatoms. The van der Waals surface area contributed by atoms with Crippen LogP contribution in [0.5, 0.6) is 0 Å². The first-order chi connectivity index (χ1) is 15.7. The van der Waals surface area contributed by atoms with Gasteiger partial charge in [0.2, 0.25) is 15.7 Å². The minimum atomic E-state index is -4.90. The lowest BCUT2D eigenvalue weighted by molar-refractivity contribution is -0.140. The van der Waals surface area contributed by atoms with E-state index < -0.39 is 31.7 Å². The third-order valence-electron chi connectivity index (χ3n) is 7.60. The fourth-order valence-electron chi connectivity index (χ4n) is 6.49. The first-order valence-corrected chi connectivity index (χ1v) is 12.8. The topological polar surface area (TPSA) is 80.3 Å². The number of ketones is 1. The molecule has 2 aromatic rings. The van der Waals surface area contributed by atoms with Gasteiger partial charge in [0.05, 0.1) is 16.0 Å². The molecule has 174 valence electrons. The van der Waals surface area contributed by atoms with Crippen molar-refractivity contribution >= 4 is 27.2 Å². The number of amides is 1. The number of carbonyl (C=O) groups excluding carboxylic acids is 2. The van der Waals surface area contributed by atoms with Crippen molar-refractivity contribution in [2.75, 3.05) is 5.32 Å². The first-order valence-electron chi connectivity index (χ1n) is 11.3. The highest BCUT2D eigenvalue weighted by Crippen LogP contribution is 2.60. The molecule has 4 bridgehead atoms. The number of hydrogen-bond acceptors (Lipinski definition) is 4. The van der Waals surface area contributed by atoms with Crippen LogP contribution in [0.3, 0.4) is 0 Å². The van der Waals surface area contributed by atoms with Crippen LogP contribution >= 0.6 is 0 Å². The van der Waals surface area contributed by atoms with E-state index in [0.29, 0.717) is 17.8 Å². The van der Waals surface area contributed by atoms with Crippen molar-refractivity contribution in [3.05, 3.63) is 59.7 Å². The Hall–Kier alpha value is -2.61. The molecular formula is C25H25F2NO4S. The van der Waals surface area contributed by atoms with Crippen molar-refractivity contribution in [3.63, 3.8) is 0 Å². The van der Waals surface area contributed by atoms with Crippen molar-refractivity contribution in [1.82, 2.24) is 0 Å². The van der Waals surface area contributed by atoms with E-state index in [1.54, 1.807) is 30.3 Å². The number of nitrogens with one attached hydrogen (secondary N) is 1. The third kappa shape index (κ3) is 3.88. The van der Waals surface area contributed by atoms with Gasteiger partial charge < -0.3 is 5.32 Å². The van der Waals surface area contributed by atoms with Crippen LogP contribution in [-0.4, -0.2) is 25.9 Å². The van der Waals surface area contributed by atoms with Crippen LogP contribution in [0.1, 0.15) is 54.4 Å².